The van der Waals surface area contributed by atoms with Gasteiger partial charge in [-0.05, 0) is 72.5 Å². The monoisotopic (exact) mass is 424 g/mol. The maximum absolute atomic E-state index is 12.8. The molecule has 120 valence electrons. The standard InChI is InChI=1S/C17H17IN2O3/c18-11-3-5-13(6-4-11)20-15(21)9-14(17(20)23)19(12-7-8-12)16(22)10-1-2-10/h3-6,10,12,14H,1-2,7-9H2. The fourth-order valence-electron chi connectivity index (χ4n) is 3.18. The van der Waals surface area contributed by atoms with Crippen LogP contribution in [-0.4, -0.2) is 34.7 Å². The lowest BCUT2D eigenvalue weighted by Crippen LogP contribution is -2.47. The first-order chi connectivity index (χ1) is 11.1. The van der Waals surface area contributed by atoms with E-state index in [-0.39, 0.29) is 36.1 Å². The summed E-state index contributed by atoms with van der Waals surface area (Å²) >= 11 is 2.18. The third kappa shape index (κ3) is 2.77. The maximum atomic E-state index is 12.8. The van der Waals surface area contributed by atoms with Crippen molar-refractivity contribution >= 4 is 46.0 Å². The van der Waals surface area contributed by atoms with Gasteiger partial charge >= 0.3 is 0 Å². The zero-order chi connectivity index (χ0) is 16.1. The lowest BCUT2D eigenvalue weighted by atomic mass is 10.1. The minimum Gasteiger partial charge on any atom is -0.327 e. The molecule has 1 aromatic carbocycles. The van der Waals surface area contributed by atoms with Crippen LogP contribution in [0.25, 0.3) is 0 Å². The minimum atomic E-state index is -0.609. The van der Waals surface area contributed by atoms with E-state index in [2.05, 4.69) is 22.6 Å². The van der Waals surface area contributed by atoms with Crippen molar-refractivity contribution in [3.8, 4) is 0 Å². The fraction of sp³-hybridized carbons (Fsp3) is 0.471. The minimum absolute atomic E-state index is 0.0723. The van der Waals surface area contributed by atoms with E-state index in [4.69, 9.17) is 0 Å². The van der Waals surface area contributed by atoms with Crippen LogP contribution in [-0.2, 0) is 14.4 Å². The second-order valence-corrected chi connectivity index (χ2v) is 7.76. The van der Waals surface area contributed by atoms with Crippen molar-refractivity contribution in [3.05, 3.63) is 27.8 Å². The molecule has 1 unspecified atom stereocenters. The largest absolute Gasteiger partial charge is 0.327 e. The fourth-order valence-corrected chi connectivity index (χ4v) is 3.54. The first kappa shape index (κ1) is 15.1. The quantitative estimate of drug-likeness (QED) is 0.551. The molecule has 23 heavy (non-hydrogen) atoms. The second kappa shape index (κ2) is 5.58. The van der Waals surface area contributed by atoms with E-state index in [9.17, 15) is 14.4 Å². The Morgan fingerprint density at radius 1 is 1.09 bits per heavy atom. The number of anilines is 1. The molecule has 2 saturated carbocycles. The number of benzene rings is 1. The molecule has 0 bridgehead atoms. The van der Waals surface area contributed by atoms with Gasteiger partial charge in [-0.25, -0.2) is 4.90 Å². The van der Waals surface area contributed by atoms with E-state index < -0.39 is 6.04 Å². The Hall–Kier alpha value is -1.44. The molecule has 0 spiro atoms. The molecule has 1 aromatic rings. The van der Waals surface area contributed by atoms with Gasteiger partial charge < -0.3 is 4.90 Å². The maximum Gasteiger partial charge on any atom is 0.257 e. The molecule has 1 saturated heterocycles. The van der Waals surface area contributed by atoms with Crippen LogP contribution < -0.4 is 4.90 Å². The number of hydrogen-bond acceptors (Lipinski definition) is 3. The Bertz CT molecular complexity index is 680. The van der Waals surface area contributed by atoms with Crippen molar-refractivity contribution in [2.45, 2.75) is 44.2 Å². The van der Waals surface area contributed by atoms with Crippen LogP contribution in [0.1, 0.15) is 32.1 Å². The van der Waals surface area contributed by atoms with Gasteiger partial charge in [-0.15, -0.1) is 0 Å². The van der Waals surface area contributed by atoms with Gasteiger partial charge in [0.15, 0.2) is 0 Å². The summed E-state index contributed by atoms with van der Waals surface area (Å²) in [4.78, 5) is 40.8. The molecule has 5 nitrogen and oxygen atoms in total. The Labute approximate surface area is 148 Å². The van der Waals surface area contributed by atoms with E-state index >= 15 is 0 Å². The van der Waals surface area contributed by atoms with Crippen molar-refractivity contribution in [1.82, 2.24) is 4.90 Å². The SMILES string of the molecule is O=C1CC(N(C(=O)C2CC2)C2CC2)C(=O)N1c1ccc(I)cc1. The van der Waals surface area contributed by atoms with Crippen LogP contribution in [0.2, 0.25) is 0 Å². The van der Waals surface area contributed by atoms with E-state index in [0.29, 0.717) is 5.69 Å². The lowest BCUT2D eigenvalue weighted by molar-refractivity contribution is -0.140. The van der Waals surface area contributed by atoms with Crippen LogP contribution >= 0.6 is 22.6 Å². The highest BCUT2D eigenvalue weighted by Crippen LogP contribution is 2.39. The molecule has 1 heterocycles. The van der Waals surface area contributed by atoms with Crippen LogP contribution in [0.15, 0.2) is 24.3 Å². The number of carbonyl (C=O) groups excluding carboxylic acids is 3. The lowest BCUT2D eigenvalue weighted by Gasteiger charge is -2.27. The van der Waals surface area contributed by atoms with Gasteiger partial charge in [-0.2, -0.15) is 0 Å². The van der Waals surface area contributed by atoms with Gasteiger partial charge in [0, 0.05) is 15.5 Å². The normalized spacial score (nSPS) is 24.2. The molecule has 1 atom stereocenters. The van der Waals surface area contributed by atoms with Crippen molar-refractivity contribution in [2.75, 3.05) is 4.90 Å². The van der Waals surface area contributed by atoms with Gasteiger partial charge in [0.25, 0.3) is 5.91 Å². The third-order valence-electron chi connectivity index (χ3n) is 4.66. The Kier molecular flexibility index (Phi) is 3.66. The van der Waals surface area contributed by atoms with Crippen LogP contribution in [0.5, 0.6) is 0 Å². The first-order valence-electron chi connectivity index (χ1n) is 8.01. The zero-order valence-corrected chi connectivity index (χ0v) is 14.7. The summed E-state index contributed by atoms with van der Waals surface area (Å²) in [6, 6.07) is 6.85. The zero-order valence-electron chi connectivity index (χ0n) is 12.6. The van der Waals surface area contributed by atoms with Gasteiger partial charge in [0.2, 0.25) is 11.8 Å². The highest BCUT2D eigenvalue weighted by atomic mass is 127. The summed E-state index contributed by atoms with van der Waals surface area (Å²) in [5, 5.41) is 0. The highest BCUT2D eigenvalue weighted by Gasteiger charge is 2.50. The van der Waals surface area contributed by atoms with E-state index in [0.717, 1.165) is 29.3 Å². The van der Waals surface area contributed by atoms with Gasteiger partial charge in [0.1, 0.15) is 6.04 Å². The van der Waals surface area contributed by atoms with Crippen LogP contribution in [0.3, 0.4) is 0 Å². The molecule has 4 rings (SSSR count). The predicted molar refractivity (Wildman–Crippen MR) is 92.6 cm³/mol. The Balaban J connectivity index is 1.60. The topological polar surface area (TPSA) is 57.7 Å². The summed E-state index contributed by atoms with van der Waals surface area (Å²) in [7, 11) is 0. The smallest absolute Gasteiger partial charge is 0.257 e. The number of imide groups is 1. The van der Waals surface area contributed by atoms with Crippen molar-refractivity contribution in [2.24, 2.45) is 5.92 Å². The number of hydrogen-bond donors (Lipinski definition) is 0. The van der Waals surface area contributed by atoms with Gasteiger partial charge in [-0.1, -0.05) is 0 Å². The van der Waals surface area contributed by atoms with E-state index in [1.807, 2.05) is 12.1 Å². The molecular formula is C17H17IN2O3. The molecule has 0 N–H and O–H groups in total. The van der Waals surface area contributed by atoms with Crippen molar-refractivity contribution in [1.29, 1.82) is 0 Å². The predicted octanol–water partition coefficient (Wildman–Crippen LogP) is 2.32. The van der Waals surface area contributed by atoms with Gasteiger partial charge in [0.05, 0.1) is 12.1 Å². The van der Waals surface area contributed by atoms with Crippen molar-refractivity contribution < 1.29 is 14.4 Å². The van der Waals surface area contributed by atoms with E-state index in [1.54, 1.807) is 17.0 Å². The molecule has 3 aliphatic rings. The second-order valence-electron chi connectivity index (χ2n) is 6.51. The molecule has 2 aliphatic carbocycles. The number of rotatable bonds is 4. The highest BCUT2D eigenvalue weighted by molar-refractivity contribution is 14.1. The molecule has 0 radical (unpaired) electrons. The molecule has 1 aliphatic heterocycles. The molecule has 0 aromatic heterocycles. The number of carbonyl (C=O) groups is 3. The average molecular weight is 424 g/mol. The van der Waals surface area contributed by atoms with Crippen LogP contribution in [0, 0.1) is 9.49 Å². The average Bonchev–Trinajstić information content (AvgIpc) is 3.41. The summed E-state index contributed by atoms with van der Waals surface area (Å²) in [6.45, 7) is 0. The molecule has 6 heteroatoms. The van der Waals surface area contributed by atoms with Gasteiger partial charge in [-0.3, -0.25) is 14.4 Å². The van der Waals surface area contributed by atoms with Crippen molar-refractivity contribution in [3.63, 3.8) is 0 Å². The molecule has 3 fully saturated rings. The summed E-state index contributed by atoms with van der Waals surface area (Å²) < 4.78 is 1.05. The summed E-state index contributed by atoms with van der Waals surface area (Å²) in [5.74, 6) is -0.318. The Morgan fingerprint density at radius 3 is 2.30 bits per heavy atom. The molecular weight excluding hydrogens is 407 g/mol. The number of nitrogens with zero attached hydrogens (tertiary/aromatic N) is 2. The Morgan fingerprint density at radius 2 is 1.74 bits per heavy atom. The third-order valence-corrected chi connectivity index (χ3v) is 5.38. The van der Waals surface area contributed by atoms with E-state index in [1.165, 1.54) is 4.90 Å². The summed E-state index contributed by atoms with van der Waals surface area (Å²) in [6.07, 6.45) is 3.83. The first-order valence-corrected chi connectivity index (χ1v) is 9.08. The number of halogens is 1. The van der Waals surface area contributed by atoms with Crippen LogP contribution in [0.4, 0.5) is 5.69 Å². The molecule has 3 amide bonds. The summed E-state index contributed by atoms with van der Waals surface area (Å²) in [5.41, 5.74) is 0.595. The number of amides is 3.